The van der Waals surface area contributed by atoms with Gasteiger partial charge < -0.3 is 15.7 Å². The van der Waals surface area contributed by atoms with E-state index in [1.54, 1.807) is 0 Å². The van der Waals surface area contributed by atoms with E-state index in [1.807, 2.05) is 31.2 Å². The maximum atomic E-state index is 11.8. The number of benzene rings is 1. The van der Waals surface area contributed by atoms with E-state index >= 15 is 0 Å². The second-order valence-corrected chi connectivity index (χ2v) is 4.89. The standard InChI is InChI=1S/C14H20N2O2.ClH/c1-10-4-2-3-5-11(10)6-14(18)16-8-12-7-15-9-13(12)17;/h2-5,12-13,15,17H,6-9H2,1H3,(H,16,18);1H. The molecule has 1 aromatic carbocycles. The number of aliphatic hydroxyl groups excluding tert-OH is 1. The molecule has 1 saturated heterocycles. The SMILES string of the molecule is Cc1ccccc1CC(=O)NCC1CNCC1O.Cl. The van der Waals surface area contributed by atoms with Crippen molar-refractivity contribution in [3.05, 3.63) is 35.4 Å². The van der Waals surface area contributed by atoms with Crippen LogP contribution < -0.4 is 10.6 Å². The van der Waals surface area contributed by atoms with Crippen LogP contribution in [0.4, 0.5) is 0 Å². The summed E-state index contributed by atoms with van der Waals surface area (Å²) in [6.45, 7) is 3.94. The molecule has 0 saturated carbocycles. The van der Waals surface area contributed by atoms with E-state index in [0.29, 0.717) is 19.5 Å². The summed E-state index contributed by atoms with van der Waals surface area (Å²) in [5, 5.41) is 15.6. The largest absolute Gasteiger partial charge is 0.391 e. The number of rotatable bonds is 4. The number of carbonyl (C=O) groups is 1. The fraction of sp³-hybridized carbons (Fsp3) is 0.500. The van der Waals surface area contributed by atoms with Crippen molar-refractivity contribution in [2.24, 2.45) is 5.92 Å². The molecule has 1 fully saturated rings. The molecule has 0 radical (unpaired) electrons. The van der Waals surface area contributed by atoms with Crippen LogP contribution in [-0.2, 0) is 11.2 Å². The third kappa shape index (κ3) is 4.49. The monoisotopic (exact) mass is 284 g/mol. The zero-order valence-corrected chi connectivity index (χ0v) is 11.9. The van der Waals surface area contributed by atoms with Crippen molar-refractivity contribution in [2.75, 3.05) is 19.6 Å². The van der Waals surface area contributed by atoms with Crippen molar-refractivity contribution in [1.29, 1.82) is 0 Å². The summed E-state index contributed by atoms with van der Waals surface area (Å²) in [4.78, 5) is 11.8. The highest BCUT2D eigenvalue weighted by Crippen LogP contribution is 2.09. The molecule has 0 bridgehead atoms. The molecular formula is C14H21ClN2O2. The molecule has 19 heavy (non-hydrogen) atoms. The summed E-state index contributed by atoms with van der Waals surface area (Å²) in [5.74, 6) is 0.147. The first-order chi connectivity index (χ1) is 8.66. The maximum Gasteiger partial charge on any atom is 0.224 e. The maximum absolute atomic E-state index is 11.8. The normalized spacial score (nSPS) is 21.8. The van der Waals surface area contributed by atoms with Gasteiger partial charge in [-0.15, -0.1) is 12.4 Å². The summed E-state index contributed by atoms with van der Waals surface area (Å²) in [6, 6.07) is 7.89. The summed E-state index contributed by atoms with van der Waals surface area (Å²) >= 11 is 0. The number of halogens is 1. The van der Waals surface area contributed by atoms with Gasteiger partial charge >= 0.3 is 0 Å². The molecule has 1 amide bonds. The van der Waals surface area contributed by atoms with Gasteiger partial charge in [0.2, 0.25) is 5.91 Å². The van der Waals surface area contributed by atoms with E-state index in [-0.39, 0.29) is 30.3 Å². The lowest BCUT2D eigenvalue weighted by atomic mass is 10.0. The van der Waals surface area contributed by atoms with Crippen LogP contribution >= 0.6 is 12.4 Å². The van der Waals surface area contributed by atoms with Crippen molar-refractivity contribution in [3.63, 3.8) is 0 Å². The average molecular weight is 285 g/mol. The van der Waals surface area contributed by atoms with E-state index in [9.17, 15) is 9.90 Å². The molecule has 2 rings (SSSR count). The second kappa shape index (κ2) is 7.48. The van der Waals surface area contributed by atoms with E-state index < -0.39 is 0 Å². The lowest BCUT2D eigenvalue weighted by molar-refractivity contribution is -0.120. The molecule has 1 heterocycles. The number of hydrogen-bond acceptors (Lipinski definition) is 3. The Morgan fingerprint density at radius 1 is 1.42 bits per heavy atom. The van der Waals surface area contributed by atoms with Gasteiger partial charge in [-0.2, -0.15) is 0 Å². The molecule has 106 valence electrons. The summed E-state index contributed by atoms with van der Waals surface area (Å²) in [7, 11) is 0. The molecule has 5 heteroatoms. The van der Waals surface area contributed by atoms with Crippen LogP contribution in [0.1, 0.15) is 11.1 Å². The van der Waals surface area contributed by atoms with Gasteiger partial charge in [-0.3, -0.25) is 4.79 Å². The number of amides is 1. The summed E-state index contributed by atoms with van der Waals surface area (Å²) in [6.07, 6.45) is 0.0619. The first-order valence-electron chi connectivity index (χ1n) is 6.37. The predicted molar refractivity (Wildman–Crippen MR) is 77.5 cm³/mol. The predicted octanol–water partition coefficient (Wildman–Crippen LogP) is 0.656. The average Bonchev–Trinajstić information content (AvgIpc) is 2.75. The lowest BCUT2D eigenvalue weighted by Crippen LogP contribution is -2.35. The van der Waals surface area contributed by atoms with Gasteiger partial charge in [0, 0.05) is 25.6 Å². The van der Waals surface area contributed by atoms with Gasteiger partial charge in [-0.1, -0.05) is 24.3 Å². The van der Waals surface area contributed by atoms with E-state index in [1.165, 1.54) is 0 Å². The van der Waals surface area contributed by atoms with Crippen molar-refractivity contribution in [3.8, 4) is 0 Å². The molecule has 2 atom stereocenters. The third-order valence-corrected chi connectivity index (χ3v) is 3.48. The Kier molecular flexibility index (Phi) is 6.28. The molecular weight excluding hydrogens is 264 g/mol. The molecule has 2 unspecified atom stereocenters. The number of hydrogen-bond donors (Lipinski definition) is 3. The van der Waals surface area contributed by atoms with E-state index in [4.69, 9.17) is 0 Å². The summed E-state index contributed by atoms with van der Waals surface area (Å²) < 4.78 is 0. The molecule has 0 spiro atoms. The van der Waals surface area contributed by atoms with Crippen molar-refractivity contribution in [1.82, 2.24) is 10.6 Å². The molecule has 1 aliphatic rings. The Hall–Kier alpha value is -1.10. The van der Waals surface area contributed by atoms with Crippen LogP contribution in [0.3, 0.4) is 0 Å². The molecule has 0 aromatic heterocycles. The van der Waals surface area contributed by atoms with Crippen molar-refractivity contribution in [2.45, 2.75) is 19.4 Å². The Balaban J connectivity index is 0.00000180. The second-order valence-electron chi connectivity index (χ2n) is 4.89. The van der Waals surface area contributed by atoms with Crippen LogP contribution in [0.15, 0.2) is 24.3 Å². The third-order valence-electron chi connectivity index (χ3n) is 3.48. The minimum absolute atomic E-state index is 0. The number of carbonyl (C=O) groups excluding carboxylic acids is 1. The number of nitrogens with one attached hydrogen (secondary N) is 2. The van der Waals surface area contributed by atoms with E-state index in [0.717, 1.165) is 17.7 Å². The highest BCUT2D eigenvalue weighted by atomic mass is 35.5. The van der Waals surface area contributed by atoms with Gasteiger partial charge in [0.15, 0.2) is 0 Å². The number of aryl methyl sites for hydroxylation is 1. The highest BCUT2D eigenvalue weighted by Gasteiger charge is 2.24. The minimum Gasteiger partial charge on any atom is -0.391 e. The number of β-amino-alcohol motifs (C(OH)–C–C–N with tert-alkyl or cyclic N) is 1. The van der Waals surface area contributed by atoms with Crippen LogP contribution in [0, 0.1) is 12.8 Å². The quantitative estimate of drug-likeness (QED) is 0.761. The Bertz CT molecular complexity index is 426. The van der Waals surface area contributed by atoms with Gasteiger partial charge in [0.25, 0.3) is 0 Å². The van der Waals surface area contributed by atoms with Gasteiger partial charge in [0.1, 0.15) is 0 Å². The minimum atomic E-state index is -0.344. The fourth-order valence-electron chi connectivity index (χ4n) is 2.22. The van der Waals surface area contributed by atoms with Crippen LogP contribution in [0.2, 0.25) is 0 Å². The zero-order chi connectivity index (χ0) is 13.0. The van der Waals surface area contributed by atoms with Gasteiger partial charge in [-0.05, 0) is 18.1 Å². The Labute approximate surface area is 120 Å². The topological polar surface area (TPSA) is 61.4 Å². The molecule has 3 N–H and O–H groups in total. The van der Waals surface area contributed by atoms with Gasteiger partial charge in [-0.25, -0.2) is 0 Å². The molecule has 0 aliphatic carbocycles. The van der Waals surface area contributed by atoms with Crippen molar-refractivity contribution >= 4 is 18.3 Å². The first kappa shape index (κ1) is 16.0. The van der Waals surface area contributed by atoms with Crippen LogP contribution in [-0.4, -0.2) is 36.8 Å². The number of aliphatic hydroxyl groups is 1. The molecule has 4 nitrogen and oxygen atoms in total. The summed E-state index contributed by atoms with van der Waals surface area (Å²) in [5.41, 5.74) is 2.19. The molecule has 1 aliphatic heterocycles. The van der Waals surface area contributed by atoms with E-state index in [2.05, 4.69) is 10.6 Å². The Morgan fingerprint density at radius 3 is 2.79 bits per heavy atom. The lowest BCUT2D eigenvalue weighted by Gasteiger charge is -2.14. The highest BCUT2D eigenvalue weighted by molar-refractivity contribution is 5.85. The molecule has 1 aromatic rings. The van der Waals surface area contributed by atoms with Crippen molar-refractivity contribution < 1.29 is 9.90 Å². The smallest absolute Gasteiger partial charge is 0.224 e. The fourth-order valence-corrected chi connectivity index (χ4v) is 2.22. The zero-order valence-electron chi connectivity index (χ0n) is 11.1. The Morgan fingerprint density at radius 2 is 2.16 bits per heavy atom. The van der Waals surface area contributed by atoms with Crippen LogP contribution in [0.5, 0.6) is 0 Å². The van der Waals surface area contributed by atoms with Crippen LogP contribution in [0.25, 0.3) is 0 Å². The first-order valence-corrected chi connectivity index (χ1v) is 6.37. The van der Waals surface area contributed by atoms with Gasteiger partial charge in [0.05, 0.1) is 12.5 Å².